The molecule has 2 unspecified atom stereocenters. The van der Waals surface area contributed by atoms with Crippen molar-refractivity contribution in [2.24, 2.45) is 5.92 Å². The molecular weight excluding hydrogens is 243 g/mol. The number of nitriles is 1. The molecule has 0 radical (unpaired) electrons. The first-order chi connectivity index (χ1) is 9.20. The van der Waals surface area contributed by atoms with E-state index < -0.39 is 5.54 Å². The number of hydrogen-bond acceptors (Lipinski definition) is 3. The Morgan fingerprint density at radius 1 is 1.58 bits per heavy atom. The van der Waals surface area contributed by atoms with Gasteiger partial charge in [-0.2, -0.15) is 5.26 Å². The van der Waals surface area contributed by atoms with Crippen LogP contribution in [0.3, 0.4) is 0 Å². The van der Waals surface area contributed by atoms with Gasteiger partial charge in [-0.25, -0.2) is 4.39 Å². The van der Waals surface area contributed by atoms with Gasteiger partial charge < -0.3 is 10.1 Å². The van der Waals surface area contributed by atoms with Gasteiger partial charge in [-0.05, 0) is 44.4 Å². The topological polar surface area (TPSA) is 45.0 Å². The van der Waals surface area contributed by atoms with Gasteiger partial charge in [-0.3, -0.25) is 0 Å². The van der Waals surface area contributed by atoms with Crippen LogP contribution < -0.4 is 10.1 Å². The first-order valence-electron chi connectivity index (χ1n) is 6.69. The molecule has 4 heteroatoms. The van der Waals surface area contributed by atoms with Gasteiger partial charge in [0.15, 0.2) is 0 Å². The molecule has 0 aliphatic heterocycles. The summed E-state index contributed by atoms with van der Waals surface area (Å²) in [5.41, 5.74) is -0.411. The molecule has 2 atom stereocenters. The first-order valence-corrected chi connectivity index (χ1v) is 6.69. The summed E-state index contributed by atoms with van der Waals surface area (Å²) in [6.45, 7) is 0.513. The number of hydrogen-bond donors (Lipinski definition) is 1. The molecule has 0 spiro atoms. The third kappa shape index (κ3) is 3.05. The fourth-order valence-corrected chi connectivity index (χ4v) is 2.88. The Morgan fingerprint density at radius 3 is 3.11 bits per heavy atom. The standard InChI is InChI=1S/C15H19FN2O/c1-18-15(11-17)8-3-4-12(15)7-9-19-14-6-2-5-13(16)10-14/h2,5-6,10,12,18H,3-4,7-9H2,1H3. The Morgan fingerprint density at radius 2 is 2.42 bits per heavy atom. The summed E-state index contributed by atoms with van der Waals surface area (Å²) < 4.78 is 18.5. The summed E-state index contributed by atoms with van der Waals surface area (Å²) in [6, 6.07) is 8.56. The van der Waals surface area contributed by atoms with Crippen molar-refractivity contribution in [2.45, 2.75) is 31.2 Å². The van der Waals surface area contributed by atoms with E-state index in [1.807, 2.05) is 7.05 Å². The average molecular weight is 262 g/mol. The van der Waals surface area contributed by atoms with E-state index in [2.05, 4.69) is 11.4 Å². The molecule has 0 aromatic heterocycles. The van der Waals surface area contributed by atoms with Crippen LogP contribution in [0.2, 0.25) is 0 Å². The van der Waals surface area contributed by atoms with E-state index in [-0.39, 0.29) is 5.82 Å². The van der Waals surface area contributed by atoms with Crippen LogP contribution in [0.4, 0.5) is 4.39 Å². The summed E-state index contributed by atoms with van der Waals surface area (Å²) in [5.74, 6) is 0.557. The van der Waals surface area contributed by atoms with Crippen molar-refractivity contribution >= 4 is 0 Å². The molecule has 0 bridgehead atoms. The van der Waals surface area contributed by atoms with E-state index in [0.29, 0.717) is 18.3 Å². The van der Waals surface area contributed by atoms with E-state index in [0.717, 1.165) is 25.7 Å². The Kier molecular flexibility index (Phi) is 4.39. The number of ether oxygens (including phenoxy) is 1. The lowest BCUT2D eigenvalue weighted by atomic mass is 9.86. The maximum atomic E-state index is 13.0. The Hall–Kier alpha value is -1.60. The van der Waals surface area contributed by atoms with Gasteiger partial charge in [0.05, 0.1) is 12.7 Å². The highest BCUT2D eigenvalue weighted by Gasteiger charge is 2.41. The molecule has 1 aromatic rings. The highest BCUT2D eigenvalue weighted by Crippen LogP contribution is 2.37. The normalized spacial score (nSPS) is 26.1. The van der Waals surface area contributed by atoms with E-state index in [1.165, 1.54) is 12.1 Å². The summed E-state index contributed by atoms with van der Waals surface area (Å²) in [7, 11) is 1.84. The summed E-state index contributed by atoms with van der Waals surface area (Å²) in [6.07, 6.45) is 3.81. The van der Waals surface area contributed by atoms with Gasteiger partial charge in [0.2, 0.25) is 0 Å². The van der Waals surface area contributed by atoms with E-state index in [1.54, 1.807) is 12.1 Å². The minimum absolute atomic E-state index is 0.292. The van der Waals surface area contributed by atoms with Gasteiger partial charge in [0.25, 0.3) is 0 Å². The van der Waals surface area contributed by atoms with Crippen LogP contribution in [0.15, 0.2) is 24.3 Å². The minimum atomic E-state index is -0.411. The van der Waals surface area contributed by atoms with E-state index >= 15 is 0 Å². The number of halogens is 1. The average Bonchev–Trinajstić information content (AvgIpc) is 2.82. The van der Waals surface area contributed by atoms with Gasteiger partial charge in [0.1, 0.15) is 17.1 Å². The highest BCUT2D eigenvalue weighted by atomic mass is 19.1. The maximum Gasteiger partial charge on any atom is 0.126 e. The molecule has 102 valence electrons. The second-order valence-electron chi connectivity index (χ2n) is 5.02. The van der Waals surface area contributed by atoms with Crippen LogP contribution in [0.1, 0.15) is 25.7 Å². The largest absolute Gasteiger partial charge is 0.493 e. The smallest absolute Gasteiger partial charge is 0.126 e. The zero-order valence-corrected chi connectivity index (χ0v) is 11.2. The van der Waals surface area contributed by atoms with Crippen molar-refractivity contribution in [3.63, 3.8) is 0 Å². The van der Waals surface area contributed by atoms with Crippen LogP contribution >= 0.6 is 0 Å². The zero-order valence-electron chi connectivity index (χ0n) is 11.2. The molecule has 1 saturated carbocycles. The lowest BCUT2D eigenvalue weighted by Gasteiger charge is -2.28. The molecule has 1 aliphatic carbocycles. The molecule has 1 aliphatic rings. The van der Waals surface area contributed by atoms with Crippen LogP contribution in [-0.2, 0) is 0 Å². The number of rotatable bonds is 5. The molecule has 1 N–H and O–H groups in total. The Bertz CT molecular complexity index is 471. The lowest BCUT2D eigenvalue weighted by Crippen LogP contribution is -2.45. The first kappa shape index (κ1) is 13.8. The molecule has 0 heterocycles. The molecular formula is C15H19FN2O. The van der Waals surface area contributed by atoms with Crippen LogP contribution in [0.5, 0.6) is 5.75 Å². The fraction of sp³-hybridized carbons (Fsp3) is 0.533. The SMILES string of the molecule is CNC1(C#N)CCCC1CCOc1cccc(F)c1. The van der Waals surface area contributed by atoms with Gasteiger partial charge >= 0.3 is 0 Å². The molecule has 0 saturated heterocycles. The monoisotopic (exact) mass is 262 g/mol. The van der Waals surface area contributed by atoms with Crippen molar-refractivity contribution in [3.8, 4) is 11.8 Å². The molecule has 1 fully saturated rings. The third-order valence-electron chi connectivity index (χ3n) is 4.00. The highest BCUT2D eigenvalue weighted by molar-refractivity contribution is 5.22. The predicted octanol–water partition coefficient (Wildman–Crippen LogP) is 2.88. The van der Waals surface area contributed by atoms with Gasteiger partial charge in [-0.15, -0.1) is 0 Å². The maximum absolute atomic E-state index is 13.0. The summed E-state index contributed by atoms with van der Waals surface area (Å²) >= 11 is 0. The molecule has 2 rings (SSSR count). The van der Waals surface area contributed by atoms with Crippen molar-refractivity contribution in [1.82, 2.24) is 5.32 Å². The van der Waals surface area contributed by atoms with Crippen molar-refractivity contribution in [1.29, 1.82) is 5.26 Å². The number of nitrogens with one attached hydrogen (secondary N) is 1. The number of benzene rings is 1. The Labute approximate surface area is 113 Å². The van der Waals surface area contributed by atoms with E-state index in [4.69, 9.17) is 4.74 Å². The second-order valence-corrected chi connectivity index (χ2v) is 5.02. The second kappa shape index (κ2) is 6.03. The molecule has 3 nitrogen and oxygen atoms in total. The fourth-order valence-electron chi connectivity index (χ4n) is 2.88. The minimum Gasteiger partial charge on any atom is -0.493 e. The summed E-state index contributed by atoms with van der Waals surface area (Å²) in [4.78, 5) is 0. The van der Waals surface area contributed by atoms with Crippen molar-refractivity contribution < 1.29 is 9.13 Å². The van der Waals surface area contributed by atoms with Crippen LogP contribution in [0, 0.1) is 23.1 Å². The van der Waals surface area contributed by atoms with E-state index in [9.17, 15) is 9.65 Å². The quantitative estimate of drug-likeness (QED) is 0.887. The van der Waals surface area contributed by atoms with Gasteiger partial charge in [0, 0.05) is 6.07 Å². The van der Waals surface area contributed by atoms with Crippen molar-refractivity contribution in [3.05, 3.63) is 30.1 Å². The predicted molar refractivity (Wildman–Crippen MR) is 71.3 cm³/mol. The van der Waals surface area contributed by atoms with Crippen LogP contribution in [0.25, 0.3) is 0 Å². The molecule has 1 aromatic carbocycles. The van der Waals surface area contributed by atoms with Crippen molar-refractivity contribution in [2.75, 3.05) is 13.7 Å². The number of nitrogens with zero attached hydrogens (tertiary/aromatic N) is 1. The van der Waals surface area contributed by atoms with Gasteiger partial charge in [-0.1, -0.05) is 12.5 Å². The molecule has 19 heavy (non-hydrogen) atoms. The summed E-state index contributed by atoms with van der Waals surface area (Å²) in [5, 5.41) is 12.5. The Balaban J connectivity index is 1.87. The van der Waals surface area contributed by atoms with Crippen LogP contribution in [-0.4, -0.2) is 19.2 Å². The lowest BCUT2D eigenvalue weighted by molar-refractivity contribution is 0.238. The molecule has 0 amide bonds. The zero-order chi connectivity index (χ0) is 13.7. The third-order valence-corrected chi connectivity index (χ3v) is 4.00.